The molecular formula is C18H21ClN2O. The van der Waals surface area contributed by atoms with E-state index in [9.17, 15) is 4.79 Å². The number of halogens is 1. The molecule has 0 saturated heterocycles. The Morgan fingerprint density at radius 1 is 1.09 bits per heavy atom. The minimum Gasteiger partial charge on any atom is -0.323 e. The number of amides is 1. The van der Waals surface area contributed by atoms with Gasteiger partial charge in [-0.2, -0.15) is 0 Å². The van der Waals surface area contributed by atoms with Crippen LogP contribution in [0.2, 0.25) is 0 Å². The third kappa shape index (κ3) is 3.01. The van der Waals surface area contributed by atoms with Gasteiger partial charge in [0.25, 0.3) is 0 Å². The fourth-order valence-corrected chi connectivity index (χ4v) is 2.93. The number of benzene rings is 2. The Bertz CT molecular complexity index is 645. The van der Waals surface area contributed by atoms with E-state index in [0.717, 1.165) is 24.2 Å². The van der Waals surface area contributed by atoms with Crippen molar-refractivity contribution in [3.63, 3.8) is 0 Å². The van der Waals surface area contributed by atoms with Crippen LogP contribution in [0, 0.1) is 5.92 Å². The Hall–Kier alpha value is -1.84. The van der Waals surface area contributed by atoms with Crippen LogP contribution in [0.15, 0.2) is 54.6 Å². The predicted octanol–water partition coefficient (Wildman–Crippen LogP) is 3.33. The lowest BCUT2D eigenvalue weighted by Crippen LogP contribution is -2.38. The van der Waals surface area contributed by atoms with Crippen LogP contribution in [-0.4, -0.2) is 12.5 Å². The fourth-order valence-electron chi connectivity index (χ4n) is 2.93. The molecule has 0 spiro atoms. The Labute approximate surface area is 137 Å². The van der Waals surface area contributed by atoms with Gasteiger partial charge in [-0.3, -0.25) is 4.79 Å². The molecule has 2 unspecified atom stereocenters. The van der Waals surface area contributed by atoms with E-state index in [1.54, 1.807) is 0 Å². The highest BCUT2D eigenvalue weighted by molar-refractivity contribution is 5.97. The number of hydrogen-bond donors (Lipinski definition) is 1. The molecule has 3 rings (SSSR count). The molecule has 1 aliphatic rings. The van der Waals surface area contributed by atoms with Crippen molar-refractivity contribution in [1.29, 1.82) is 0 Å². The average molecular weight is 317 g/mol. The molecule has 0 saturated carbocycles. The minimum atomic E-state index is -0.272. The average Bonchev–Trinajstić information content (AvgIpc) is 2.97. The highest BCUT2D eigenvalue weighted by Gasteiger charge is 2.31. The maximum Gasteiger partial charge on any atom is 0.231 e. The van der Waals surface area contributed by atoms with Gasteiger partial charge < -0.3 is 10.6 Å². The second-order valence-corrected chi connectivity index (χ2v) is 5.59. The second kappa shape index (κ2) is 6.95. The summed E-state index contributed by atoms with van der Waals surface area (Å²) in [5.74, 6) is -0.130. The van der Waals surface area contributed by atoms with E-state index >= 15 is 0 Å². The summed E-state index contributed by atoms with van der Waals surface area (Å²) in [6.45, 7) is 2.67. The largest absolute Gasteiger partial charge is 0.323 e. The second-order valence-electron chi connectivity index (χ2n) is 5.59. The minimum absolute atomic E-state index is 0. The van der Waals surface area contributed by atoms with Crippen LogP contribution in [0.3, 0.4) is 0 Å². The van der Waals surface area contributed by atoms with Crippen LogP contribution in [-0.2, 0) is 11.2 Å². The maximum atomic E-state index is 12.8. The number of nitrogens with two attached hydrogens (primary N) is 1. The summed E-state index contributed by atoms with van der Waals surface area (Å²) >= 11 is 0. The van der Waals surface area contributed by atoms with Crippen LogP contribution in [0.4, 0.5) is 5.69 Å². The van der Waals surface area contributed by atoms with Crippen LogP contribution in [0.1, 0.15) is 24.1 Å². The van der Waals surface area contributed by atoms with Crippen molar-refractivity contribution in [3.8, 4) is 0 Å². The summed E-state index contributed by atoms with van der Waals surface area (Å²) in [5.41, 5.74) is 9.56. The number of para-hydroxylation sites is 1. The molecule has 116 valence electrons. The molecule has 0 bridgehead atoms. The summed E-state index contributed by atoms with van der Waals surface area (Å²) in [4.78, 5) is 14.6. The molecular weight excluding hydrogens is 296 g/mol. The van der Waals surface area contributed by atoms with Crippen molar-refractivity contribution < 1.29 is 4.79 Å². The topological polar surface area (TPSA) is 46.3 Å². The molecule has 0 aliphatic carbocycles. The van der Waals surface area contributed by atoms with Gasteiger partial charge in [-0.15, -0.1) is 12.4 Å². The molecule has 0 fully saturated rings. The summed E-state index contributed by atoms with van der Waals surface area (Å²) in [5, 5.41) is 0. The lowest BCUT2D eigenvalue weighted by Gasteiger charge is -2.25. The lowest BCUT2D eigenvalue weighted by atomic mass is 9.94. The van der Waals surface area contributed by atoms with E-state index in [1.165, 1.54) is 5.56 Å². The maximum absolute atomic E-state index is 12.8. The Balaban J connectivity index is 0.00000176. The highest BCUT2D eigenvalue weighted by Crippen LogP contribution is 2.31. The number of carbonyl (C=O) groups is 1. The van der Waals surface area contributed by atoms with Gasteiger partial charge in [-0.25, -0.2) is 0 Å². The number of rotatable bonds is 3. The lowest BCUT2D eigenvalue weighted by molar-refractivity contribution is -0.122. The quantitative estimate of drug-likeness (QED) is 0.944. The molecule has 2 N–H and O–H groups in total. The summed E-state index contributed by atoms with van der Waals surface area (Å²) in [6, 6.07) is 17.7. The molecule has 1 aliphatic heterocycles. The Morgan fingerprint density at radius 2 is 1.73 bits per heavy atom. The van der Waals surface area contributed by atoms with E-state index in [-0.39, 0.29) is 30.3 Å². The van der Waals surface area contributed by atoms with Gasteiger partial charge in [0.1, 0.15) is 0 Å². The number of carbonyl (C=O) groups excluding carboxylic acids is 1. The molecule has 1 heterocycles. The van der Waals surface area contributed by atoms with Crippen molar-refractivity contribution in [2.45, 2.75) is 19.4 Å². The molecule has 0 radical (unpaired) electrons. The monoisotopic (exact) mass is 316 g/mol. The van der Waals surface area contributed by atoms with E-state index in [2.05, 4.69) is 6.07 Å². The Morgan fingerprint density at radius 3 is 2.45 bits per heavy atom. The molecule has 1 amide bonds. The summed E-state index contributed by atoms with van der Waals surface area (Å²) in [6.07, 6.45) is 0.926. The van der Waals surface area contributed by atoms with Gasteiger partial charge in [-0.05, 0) is 23.6 Å². The van der Waals surface area contributed by atoms with Gasteiger partial charge in [0.05, 0.1) is 5.92 Å². The smallest absolute Gasteiger partial charge is 0.231 e. The Kier molecular flexibility index (Phi) is 5.22. The van der Waals surface area contributed by atoms with Crippen molar-refractivity contribution in [2.24, 2.45) is 11.7 Å². The van der Waals surface area contributed by atoms with E-state index in [4.69, 9.17) is 5.73 Å². The van der Waals surface area contributed by atoms with Gasteiger partial charge in [0, 0.05) is 18.3 Å². The van der Waals surface area contributed by atoms with Gasteiger partial charge in [0.2, 0.25) is 5.91 Å². The zero-order valence-electron chi connectivity index (χ0n) is 12.6. The first-order valence-corrected chi connectivity index (χ1v) is 7.38. The first-order valence-electron chi connectivity index (χ1n) is 7.38. The SMILES string of the molecule is CC(C(=O)N1CCc2ccccc21)C(N)c1ccccc1.Cl. The van der Waals surface area contributed by atoms with Gasteiger partial charge in [-0.1, -0.05) is 55.5 Å². The standard InChI is InChI=1S/C18H20N2O.ClH/c1-13(17(19)15-8-3-2-4-9-15)18(21)20-12-11-14-7-5-6-10-16(14)20;/h2-10,13,17H,11-12,19H2,1H3;1H. The summed E-state index contributed by atoms with van der Waals surface area (Å²) < 4.78 is 0. The molecule has 4 heteroatoms. The number of nitrogens with zero attached hydrogens (tertiary/aromatic N) is 1. The van der Waals surface area contributed by atoms with Gasteiger partial charge in [0.15, 0.2) is 0 Å². The van der Waals surface area contributed by atoms with Crippen LogP contribution >= 0.6 is 12.4 Å². The van der Waals surface area contributed by atoms with E-state index in [0.29, 0.717) is 0 Å². The highest BCUT2D eigenvalue weighted by atomic mass is 35.5. The van der Waals surface area contributed by atoms with Crippen molar-refractivity contribution >= 4 is 24.0 Å². The molecule has 3 nitrogen and oxygen atoms in total. The first-order chi connectivity index (χ1) is 10.2. The molecule has 2 aromatic rings. The predicted molar refractivity (Wildman–Crippen MR) is 92.3 cm³/mol. The number of hydrogen-bond acceptors (Lipinski definition) is 2. The van der Waals surface area contributed by atoms with E-state index < -0.39 is 0 Å². The fraction of sp³-hybridized carbons (Fsp3) is 0.278. The third-order valence-corrected chi connectivity index (χ3v) is 4.27. The van der Waals surface area contributed by atoms with E-state index in [1.807, 2.05) is 60.4 Å². The number of anilines is 1. The summed E-state index contributed by atoms with van der Waals surface area (Å²) in [7, 11) is 0. The molecule has 22 heavy (non-hydrogen) atoms. The molecule has 2 atom stereocenters. The third-order valence-electron chi connectivity index (χ3n) is 4.27. The van der Waals surface area contributed by atoms with Crippen molar-refractivity contribution in [1.82, 2.24) is 0 Å². The van der Waals surface area contributed by atoms with Crippen LogP contribution in [0.5, 0.6) is 0 Å². The van der Waals surface area contributed by atoms with Gasteiger partial charge >= 0.3 is 0 Å². The normalized spacial score (nSPS) is 15.6. The zero-order valence-corrected chi connectivity index (χ0v) is 13.4. The molecule has 2 aromatic carbocycles. The molecule has 0 aromatic heterocycles. The van der Waals surface area contributed by atoms with Crippen molar-refractivity contribution in [2.75, 3.05) is 11.4 Å². The number of fused-ring (bicyclic) bond motifs is 1. The van der Waals surface area contributed by atoms with Crippen LogP contribution in [0.25, 0.3) is 0 Å². The zero-order chi connectivity index (χ0) is 14.8. The van der Waals surface area contributed by atoms with Crippen molar-refractivity contribution in [3.05, 3.63) is 65.7 Å². The first kappa shape index (κ1) is 16.5. The van der Waals surface area contributed by atoms with Crippen LogP contribution < -0.4 is 10.6 Å².